The van der Waals surface area contributed by atoms with Crippen LogP contribution in [0.5, 0.6) is 0 Å². The Bertz CT molecular complexity index is 430. The molecule has 2 N–H and O–H groups in total. The van der Waals surface area contributed by atoms with Gasteiger partial charge in [-0.25, -0.2) is 4.79 Å². The van der Waals surface area contributed by atoms with Crippen molar-refractivity contribution in [2.45, 2.75) is 19.3 Å². The lowest BCUT2D eigenvalue weighted by Gasteiger charge is -2.03. The Morgan fingerprint density at radius 3 is 2.59 bits per heavy atom. The fourth-order valence-corrected chi connectivity index (χ4v) is 1.51. The molecule has 1 rings (SSSR count). The van der Waals surface area contributed by atoms with Crippen molar-refractivity contribution in [2.75, 3.05) is 6.61 Å². The number of nitro benzene ring substituents is 1. The summed E-state index contributed by atoms with van der Waals surface area (Å²) in [6, 6.07) is 3.87. The molecule has 0 aromatic heterocycles. The number of carboxylic acid groups (broad SMARTS) is 1. The highest BCUT2D eigenvalue weighted by molar-refractivity contribution is 5.88. The number of unbranched alkanes of at least 4 members (excludes halogenated alkanes) is 1. The highest BCUT2D eigenvalue weighted by Crippen LogP contribution is 2.22. The second-order valence-electron chi connectivity index (χ2n) is 3.59. The predicted octanol–water partition coefficient (Wildman–Crippen LogP) is 1.61. The molecule has 1 aromatic rings. The van der Waals surface area contributed by atoms with E-state index in [-0.39, 0.29) is 17.9 Å². The Balaban J connectivity index is 2.96. The molecule has 0 atom stereocenters. The van der Waals surface area contributed by atoms with Gasteiger partial charge in [-0.3, -0.25) is 10.1 Å². The maximum absolute atomic E-state index is 10.8. The van der Waals surface area contributed by atoms with Gasteiger partial charge < -0.3 is 10.2 Å². The molecule has 17 heavy (non-hydrogen) atoms. The van der Waals surface area contributed by atoms with Gasteiger partial charge >= 0.3 is 5.97 Å². The normalized spacial score (nSPS) is 10.2. The predicted molar refractivity (Wildman–Crippen MR) is 60.1 cm³/mol. The van der Waals surface area contributed by atoms with Gasteiger partial charge in [-0.05, 0) is 25.3 Å². The molecule has 0 spiro atoms. The van der Waals surface area contributed by atoms with E-state index < -0.39 is 10.9 Å². The second-order valence-corrected chi connectivity index (χ2v) is 3.59. The van der Waals surface area contributed by atoms with Crippen molar-refractivity contribution < 1.29 is 19.9 Å². The molecule has 92 valence electrons. The molecule has 0 saturated heterocycles. The van der Waals surface area contributed by atoms with Crippen LogP contribution in [0.3, 0.4) is 0 Å². The third kappa shape index (κ3) is 3.53. The Kier molecular flexibility index (Phi) is 4.59. The summed E-state index contributed by atoms with van der Waals surface area (Å²) in [6.45, 7) is 0.0427. The topological polar surface area (TPSA) is 101 Å². The van der Waals surface area contributed by atoms with Crippen LogP contribution in [-0.4, -0.2) is 27.7 Å². The molecular formula is C11H13NO5. The van der Waals surface area contributed by atoms with Crippen LogP contribution in [0, 0.1) is 10.1 Å². The van der Waals surface area contributed by atoms with E-state index in [2.05, 4.69) is 0 Å². The van der Waals surface area contributed by atoms with E-state index in [0.29, 0.717) is 24.8 Å². The van der Waals surface area contributed by atoms with Gasteiger partial charge in [0.15, 0.2) is 0 Å². The van der Waals surface area contributed by atoms with E-state index in [9.17, 15) is 14.9 Å². The molecule has 0 aliphatic carbocycles. The third-order valence-electron chi connectivity index (χ3n) is 2.38. The van der Waals surface area contributed by atoms with Gasteiger partial charge in [0.2, 0.25) is 0 Å². The quantitative estimate of drug-likeness (QED) is 0.446. The molecule has 0 amide bonds. The number of nitrogens with zero attached hydrogens (tertiary/aromatic N) is 1. The number of carbonyl (C=O) groups is 1. The summed E-state index contributed by atoms with van der Waals surface area (Å²) in [7, 11) is 0. The molecule has 0 bridgehead atoms. The van der Waals surface area contributed by atoms with E-state index in [4.69, 9.17) is 10.2 Å². The third-order valence-corrected chi connectivity index (χ3v) is 2.38. The van der Waals surface area contributed by atoms with Gasteiger partial charge in [-0.1, -0.05) is 6.07 Å². The Labute approximate surface area is 97.7 Å². The lowest BCUT2D eigenvalue weighted by molar-refractivity contribution is -0.385. The summed E-state index contributed by atoms with van der Waals surface area (Å²) in [5.41, 5.74) is 0.221. The summed E-state index contributed by atoms with van der Waals surface area (Å²) < 4.78 is 0. The minimum atomic E-state index is -1.19. The number of hydrogen-bond acceptors (Lipinski definition) is 4. The molecule has 0 aliphatic heterocycles. The number of hydrogen-bond donors (Lipinski definition) is 2. The fourth-order valence-electron chi connectivity index (χ4n) is 1.51. The molecular weight excluding hydrogens is 226 g/mol. The van der Waals surface area contributed by atoms with Gasteiger partial charge in [0.25, 0.3) is 5.69 Å². The summed E-state index contributed by atoms with van der Waals surface area (Å²) in [6.07, 6.45) is 1.65. The average Bonchev–Trinajstić information content (AvgIpc) is 2.29. The highest BCUT2D eigenvalue weighted by atomic mass is 16.6. The Morgan fingerprint density at radius 1 is 1.35 bits per heavy atom. The first-order chi connectivity index (χ1) is 8.06. The summed E-state index contributed by atoms with van der Waals surface area (Å²) in [4.78, 5) is 20.9. The lowest BCUT2D eigenvalue weighted by atomic mass is 10.0. The van der Waals surface area contributed by atoms with Crippen LogP contribution in [0.25, 0.3) is 0 Å². The Hall–Kier alpha value is -1.95. The SMILES string of the molecule is O=C(O)c1ccc(CCCCO)c([N+](=O)[O-])c1. The number of rotatable bonds is 6. The zero-order chi connectivity index (χ0) is 12.8. The van der Waals surface area contributed by atoms with Crippen molar-refractivity contribution in [2.24, 2.45) is 0 Å². The molecule has 1 aromatic carbocycles. The standard InChI is InChI=1S/C11H13NO5/c13-6-2-1-3-8-4-5-9(11(14)15)7-10(8)12(16)17/h4-5,7,13H,1-3,6H2,(H,14,15). The summed E-state index contributed by atoms with van der Waals surface area (Å²) >= 11 is 0. The van der Waals surface area contributed by atoms with E-state index in [1.165, 1.54) is 12.1 Å². The first-order valence-corrected chi connectivity index (χ1v) is 5.17. The largest absolute Gasteiger partial charge is 0.478 e. The van der Waals surface area contributed by atoms with Crippen molar-refractivity contribution >= 4 is 11.7 Å². The highest BCUT2D eigenvalue weighted by Gasteiger charge is 2.16. The molecule has 0 fully saturated rings. The maximum Gasteiger partial charge on any atom is 0.335 e. The van der Waals surface area contributed by atoms with Crippen molar-refractivity contribution in [3.05, 3.63) is 39.4 Å². The van der Waals surface area contributed by atoms with Crippen molar-refractivity contribution in [3.63, 3.8) is 0 Å². The van der Waals surface area contributed by atoms with Gasteiger partial charge in [-0.15, -0.1) is 0 Å². The van der Waals surface area contributed by atoms with Crippen LogP contribution in [0.1, 0.15) is 28.8 Å². The monoisotopic (exact) mass is 239 g/mol. The van der Waals surface area contributed by atoms with E-state index in [1.54, 1.807) is 0 Å². The zero-order valence-corrected chi connectivity index (χ0v) is 9.13. The number of carboxylic acids is 1. The number of aliphatic hydroxyl groups is 1. The first-order valence-electron chi connectivity index (χ1n) is 5.17. The van der Waals surface area contributed by atoms with Crippen LogP contribution in [0.15, 0.2) is 18.2 Å². The van der Waals surface area contributed by atoms with Crippen molar-refractivity contribution in [3.8, 4) is 0 Å². The minimum absolute atomic E-state index is 0.0427. The maximum atomic E-state index is 10.8. The van der Waals surface area contributed by atoms with Gasteiger partial charge in [0.1, 0.15) is 0 Å². The van der Waals surface area contributed by atoms with Crippen LogP contribution in [0.4, 0.5) is 5.69 Å². The summed E-state index contributed by atoms with van der Waals surface area (Å²) in [5.74, 6) is -1.19. The molecule has 6 nitrogen and oxygen atoms in total. The number of aliphatic hydroxyl groups excluding tert-OH is 1. The molecule has 0 aliphatic rings. The lowest BCUT2D eigenvalue weighted by Crippen LogP contribution is -2.01. The number of benzene rings is 1. The van der Waals surface area contributed by atoms with Crippen LogP contribution >= 0.6 is 0 Å². The van der Waals surface area contributed by atoms with Crippen LogP contribution in [0.2, 0.25) is 0 Å². The number of aromatic carboxylic acids is 1. The van der Waals surface area contributed by atoms with Crippen LogP contribution < -0.4 is 0 Å². The number of nitro groups is 1. The smallest absolute Gasteiger partial charge is 0.335 e. The minimum Gasteiger partial charge on any atom is -0.478 e. The van der Waals surface area contributed by atoms with Gasteiger partial charge in [0.05, 0.1) is 10.5 Å². The Morgan fingerprint density at radius 2 is 2.06 bits per heavy atom. The molecule has 0 unspecified atom stereocenters. The summed E-state index contributed by atoms with van der Waals surface area (Å²) in [5, 5.41) is 28.2. The molecule has 0 heterocycles. The van der Waals surface area contributed by atoms with Crippen molar-refractivity contribution in [1.82, 2.24) is 0 Å². The molecule has 6 heteroatoms. The van der Waals surface area contributed by atoms with E-state index in [1.807, 2.05) is 0 Å². The molecule has 0 radical (unpaired) electrons. The van der Waals surface area contributed by atoms with Crippen molar-refractivity contribution in [1.29, 1.82) is 0 Å². The zero-order valence-electron chi connectivity index (χ0n) is 9.13. The van der Waals surface area contributed by atoms with Gasteiger partial charge in [-0.2, -0.15) is 0 Å². The van der Waals surface area contributed by atoms with Crippen LogP contribution in [-0.2, 0) is 6.42 Å². The van der Waals surface area contributed by atoms with Gasteiger partial charge in [0, 0.05) is 18.2 Å². The first kappa shape index (κ1) is 13.1. The van der Waals surface area contributed by atoms with E-state index >= 15 is 0 Å². The number of aryl methyl sites for hydroxylation is 1. The van der Waals surface area contributed by atoms with E-state index in [0.717, 1.165) is 6.07 Å². The second kappa shape index (κ2) is 5.95. The fraction of sp³-hybridized carbons (Fsp3) is 0.364. The average molecular weight is 239 g/mol. The molecule has 0 saturated carbocycles.